The Hall–Kier alpha value is -1.69. The van der Waals surface area contributed by atoms with E-state index in [4.69, 9.17) is 10.9 Å². The van der Waals surface area contributed by atoms with Gasteiger partial charge in [0, 0.05) is 24.8 Å². The fourth-order valence-electron chi connectivity index (χ4n) is 4.62. The lowest BCUT2D eigenvalue weighted by atomic mass is 9.97. The maximum Gasteiger partial charge on any atom is 0.416 e. The Labute approximate surface area is 194 Å². The highest BCUT2D eigenvalue weighted by molar-refractivity contribution is 8.00. The van der Waals surface area contributed by atoms with E-state index in [0.717, 1.165) is 67.3 Å². The van der Waals surface area contributed by atoms with Crippen LogP contribution in [0.25, 0.3) is 5.70 Å². The van der Waals surface area contributed by atoms with Gasteiger partial charge in [-0.15, -0.1) is 10.2 Å². The van der Waals surface area contributed by atoms with Crippen molar-refractivity contribution in [1.29, 1.82) is 0 Å². The zero-order valence-electron chi connectivity index (χ0n) is 17.8. The summed E-state index contributed by atoms with van der Waals surface area (Å²) in [6.45, 7) is 3.08. The first-order valence-corrected chi connectivity index (χ1v) is 12.4. The van der Waals surface area contributed by atoms with Gasteiger partial charge in [0.05, 0.1) is 11.3 Å². The third-order valence-electron chi connectivity index (χ3n) is 6.43. The molecule has 1 aromatic heterocycles. The van der Waals surface area contributed by atoms with Crippen LogP contribution in [0, 0.1) is 5.41 Å². The molecule has 1 aromatic carbocycles. The lowest BCUT2D eigenvalue weighted by molar-refractivity contribution is -0.137. The van der Waals surface area contributed by atoms with Gasteiger partial charge in [0.1, 0.15) is 0 Å². The fraction of sp³-hybridized carbons (Fsp3) is 0.524. The molecule has 0 amide bonds. The molecule has 1 saturated carbocycles. The van der Waals surface area contributed by atoms with E-state index in [9.17, 15) is 13.2 Å². The average molecular weight is 485 g/mol. The molecule has 1 aliphatic carbocycles. The third kappa shape index (κ3) is 4.95. The number of alkyl halides is 3. The summed E-state index contributed by atoms with van der Waals surface area (Å²) >= 11 is 2.69. The quantitative estimate of drug-likeness (QED) is 0.332. The van der Waals surface area contributed by atoms with Crippen molar-refractivity contribution >= 4 is 29.4 Å². The van der Waals surface area contributed by atoms with Crippen molar-refractivity contribution in [3.05, 3.63) is 46.6 Å². The van der Waals surface area contributed by atoms with Crippen molar-refractivity contribution in [2.45, 2.75) is 36.5 Å². The van der Waals surface area contributed by atoms with Gasteiger partial charge in [0.15, 0.2) is 11.0 Å². The van der Waals surface area contributed by atoms with E-state index in [1.165, 1.54) is 12.1 Å². The molecular formula is C21H27F3N6S2. The Morgan fingerprint density at radius 3 is 2.72 bits per heavy atom. The second-order valence-electron chi connectivity index (χ2n) is 8.54. The predicted octanol–water partition coefficient (Wildman–Crippen LogP) is 4.06. The molecule has 32 heavy (non-hydrogen) atoms. The van der Waals surface area contributed by atoms with Gasteiger partial charge in [0.25, 0.3) is 0 Å². The van der Waals surface area contributed by atoms with Crippen molar-refractivity contribution < 1.29 is 13.2 Å². The van der Waals surface area contributed by atoms with Crippen LogP contribution >= 0.6 is 23.7 Å². The molecule has 1 spiro atoms. The number of nitrogens with two attached hydrogens (primary N) is 2. The minimum atomic E-state index is -4.28. The molecule has 4 rings (SSSR count). The number of hydrogen-bond acceptors (Lipinski definition) is 7. The van der Waals surface area contributed by atoms with Gasteiger partial charge in [0.2, 0.25) is 0 Å². The molecule has 2 atom stereocenters. The van der Waals surface area contributed by atoms with Crippen molar-refractivity contribution in [3.8, 4) is 0 Å². The molecule has 4 N–H and O–H groups in total. The standard InChI is InChI=1S/C21H27F3N6S2/c1-29-18(17(25)12-32-26)27-28-19(29)31-10-2-8-30-9-7-20(13-30)11-16(20)14-3-5-15(6-4-14)21(22,23)24/h3-6,12,16H,2,7-11,13,25-26H2,1H3/b17-12-/t16-,20-/m0/s1. The normalized spacial score (nSPS) is 23.9. The van der Waals surface area contributed by atoms with E-state index in [2.05, 4.69) is 15.1 Å². The summed E-state index contributed by atoms with van der Waals surface area (Å²) in [5.74, 6) is 1.91. The first-order valence-electron chi connectivity index (χ1n) is 10.5. The smallest absolute Gasteiger partial charge is 0.395 e. The SMILES string of the molecule is Cn1c(SCCCN2CC[C@]3(C[C@H]3c3ccc(C(F)(F)F)cc3)C2)nnc1/C(N)=C/SN. The fourth-order valence-corrected chi connectivity index (χ4v) is 5.71. The van der Waals surface area contributed by atoms with Crippen LogP contribution in [-0.4, -0.2) is 45.1 Å². The molecule has 174 valence electrons. The van der Waals surface area contributed by atoms with Crippen LogP contribution in [0.4, 0.5) is 13.2 Å². The van der Waals surface area contributed by atoms with E-state index in [1.807, 2.05) is 11.6 Å². The summed E-state index contributed by atoms with van der Waals surface area (Å²) in [6.07, 6.45) is -1.07. The number of aromatic nitrogens is 3. The van der Waals surface area contributed by atoms with E-state index in [0.29, 0.717) is 17.4 Å². The van der Waals surface area contributed by atoms with E-state index in [-0.39, 0.29) is 5.41 Å². The highest BCUT2D eigenvalue weighted by atomic mass is 32.2. The summed E-state index contributed by atoms with van der Waals surface area (Å²) in [5, 5.41) is 16.2. The molecule has 1 aliphatic heterocycles. The average Bonchev–Trinajstić information content (AvgIpc) is 3.09. The van der Waals surface area contributed by atoms with E-state index < -0.39 is 11.7 Å². The Morgan fingerprint density at radius 1 is 1.28 bits per heavy atom. The monoisotopic (exact) mass is 484 g/mol. The highest BCUT2D eigenvalue weighted by Crippen LogP contribution is 2.64. The second-order valence-corrected chi connectivity index (χ2v) is 10.1. The minimum absolute atomic E-state index is 0.246. The molecule has 0 unspecified atom stereocenters. The molecule has 1 saturated heterocycles. The van der Waals surface area contributed by atoms with E-state index in [1.54, 1.807) is 29.3 Å². The molecule has 2 heterocycles. The highest BCUT2D eigenvalue weighted by Gasteiger charge is 2.57. The molecule has 0 bridgehead atoms. The van der Waals surface area contributed by atoms with Crippen LogP contribution < -0.4 is 10.9 Å². The van der Waals surface area contributed by atoms with Gasteiger partial charge in [-0.2, -0.15) is 13.2 Å². The van der Waals surface area contributed by atoms with Gasteiger partial charge in [-0.25, -0.2) is 0 Å². The molecule has 2 fully saturated rings. The Morgan fingerprint density at radius 2 is 2.03 bits per heavy atom. The zero-order valence-corrected chi connectivity index (χ0v) is 19.4. The largest absolute Gasteiger partial charge is 0.416 e. The number of likely N-dealkylation sites (tertiary alicyclic amines) is 1. The van der Waals surface area contributed by atoms with Crippen LogP contribution in [0.5, 0.6) is 0 Å². The topological polar surface area (TPSA) is 86.0 Å². The maximum atomic E-state index is 12.8. The number of hydrogen-bond donors (Lipinski definition) is 2. The number of thioether (sulfide) groups is 1. The van der Waals surface area contributed by atoms with E-state index >= 15 is 0 Å². The first-order chi connectivity index (χ1) is 15.2. The van der Waals surface area contributed by atoms with Crippen molar-refractivity contribution in [1.82, 2.24) is 19.7 Å². The van der Waals surface area contributed by atoms with Crippen LogP contribution in [0.15, 0.2) is 34.8 Å². The Balaban J connectivity index is 1.23. The Bertz CT molecular complexity index is 975. The number of rotatable bonds is 8. The zero-order chi connectivity index (χ0) is 22.9. The van der Waals surface area contributed by atoms with Crippen molar-refractivity contribution in [3.63, 3.8) is 0 Å². The van der Waals surface area contributed by atoms with Crippen LogP contribution in [0.2, 0.25) is 0 Å². The summed E-state index contributed by atoms with van der Waals surface area (Å²) in [7, 11) is 1.89. The van der Waals surface area contributed by atoms with Gasteiger partial charge < -0.3 is 15.2 Å². The minimum Gasteiger partial charge on any atom is -0.395 e. The van der Waals surface area contributed by atoms with Gasteiger partial charge in [-0.1, -0.05) is 35.8 Å². The molecular weight excluding hydrogens is 457 g/mol. The summed E-state index contributed by atoms with van der Waals surface area (Å²) in [6, 6.07) is 5.73. The molecule has 0 radical (unpaired) electrons. The third-order valence-corrected chi connectivity index (χ3v) is 7.93. The number of benzene rings is 1. The molecule has 2 aromatic rings. The van der Waals surface area contributed by atoms with Crippen LogP contribution in [-0.2, 0) is 13.2 Å². The maximum absolute atomic E-state index is 12.8. The van der Waals surface area contributed by atoms with Gasteiger partial charge in [-0.3, -0.25) is 5.14 Å². The summed E-state index contributed by atoms with van der Waals surface area (Å²) < 4.78 is 40.3. The summed E-state index contributed by atoms with van der Waals surface area (Å²) in [5.41, 5.74) is 7.14. The van der Waals surface area contributed by atoms with Crippen molar-refractivity contribution in [2.75, 3.05) is 25.4 Å². The second kappa shape index (κ2) is 9.28. The number of nitrogens with zero attached hydrogens (tertiary/aromatic N) is 4. The first kappa shape index (κ1) is 23.5. The Kier molecular flexibility index (Phi) is 6.81. The molecule has 6 nitrogen and oxygen atoms in total. The molecule has 2 aliphatic rings. The van der Waals surface area contributed by atoms with Crippen LogP contribution in [0.1, 0.15) is 42.1 Å². The predicted molar refractivity (Wildman–Crippen MR) is 123 cm³/mol. The van der Waals surface area contributed by atoms with Gasteiger partial charge in [-0.05, 0) is 61.4 Å². The van der Waals surface area contributed by atoms with Crippen LogP contribution in [0.3, 0.4) is 0 Å². The lowest BCUT2D eigenvalue weighted by Crippen LogP contribution is -2.23. The van der Waals surface area contributed by atoms with Crippen molar-refractivity contribution in [2.24, 2.45) is 23.3 Å². The lowest BCUT2D eigenvalue weighted by Gasteiger charge is -2.16. The van der Waals surface area contributed by atoms with Gasteiger partial charge >= 0.3 is 6.18 Å². The number of halogens is 3. The summed E-state index contributed by atoms with van der Waals surface area (Å²) in [4.78, 5) is 2.48. The molecule has 11 heteroatoms.